The van der Waals surface area contributed by atoms with Gasteiger partial charge in [0.05, 0.1) is 18.4 Å². The Morgan fingerprint density at radius 3 is 2.57 bits per heavy atom. The zero-order valence-electron chi connectivity index (χ0n) is 17.0. The van der Waals surface area contributed by atoms with Crippen LogP contribution in [-0.2, 0) is 4.74 Å². The van der Waals surface area contributed by atoms with E-state index in [0.29, 0.717) is 47.3 Å². The number of phenolic OH excluding ortho intramolecular Hbond substituents is 1. The molecular formula is C23H24N2O5. The Morgan fingerprint density at radius 2 is 1.90 bits per heavy atom. The summed E-state index contributed by atoms with van der Waals surface area (Å²) in [7, 11) is 0. The van der Waals surface area contributed by atoms with E-state index in [2.05, 4.69) is 16.8 Å². The maximum atomic E-state index is 11.9. The van der Waals surface area contributed by atoms with Gasteiger partial charge in [0.2, 0.25) is 0 Å². The molecule has 0 atom stereocenters. The Labute approximate surface area is 174 Å². The van der Waals surface area contributed by atoms with Gasteiger partial charge < -0.3 is 19.3 Å². The van der Waals surface area contributed by atoms with Crippen LogP contribution in [0, 0.1) is 0 Å². The molecule has 0 aliphatic heterocycles. The summed E-state index contributed by atoms with van der Waals surface area (Å²) in [6, 6.07) is 11.6. The van der Waals surface area contributed by atoms with Crippen LogP contribution >= 0.6 is 0 Å². The first-order valence-corrected chi connectivity index (χ1v) is 9.57. The summed E-state index contributed by atoms with van der Waals surface area (Å²) in [5.74, 6) is 1.14. The van der Waals surface area contributed by atoms with E-state index in [-0.39, 0.29) is 11.7 Å². The van der Waals surface area contributed by atoms with Gasteiger partial charge in [-0.05, 0) is 55.3 Å². The number of benzene rings is 2. The number of ether oxygens (including phenoxy) is 3. The van der Waals surface area contributed by atoms with Gasteiger partial charge >= 0.3 is 5.97 Å². The highest BCUT2D eigenvalue weighted by Gasteiger charge is 2.15. The quantitative estimate of drug-likeness (QED) is 0.378. The third-order valence-electron chi connectivity index (χ3n) is 4.08. The number of aromatic amines is 1. The lowest BCUT2D eigenvalue weighted by Crippen LogP contribution is -2.05. The molecular weight excluding hydrogens is 384 g/mol. The number of aromatic hydroxyl groups is 1. The van der Waals surface area contributed by atoms with Crippen molar-refractivity contribution >= 4 is 5.97 Å². The van der Waals surface area contributed by atoms with Crippen molar-refractivity contribution in [3.63, 3.8) is 0 Å². The molecule has 7 heteroatoms. The van der Waals surface area contributed by atoms with Crippen LogP contribution in [0.3, 0.4) is 0 Å². The second-order valence-electron chi connectivity index (χ2n) is 6.80. The maximum Gasteiger partial charge on any atom is 0.338 e. The van der Waals surface area contributed by atoms with E-state index >= 15 is 0 Å². The number of nitrogens with one attached hydrogen (secondary N) is 1. The number of nitrogens with zero attached hydrogens (tertiary/aromatic N) is 1. The molecule has 0 aliphatic carbocycles. The number of carbonyl (C=O) groups excluding carboxylic acids is 1. The lowest BCUT2D eigenvalue weighted by Gasteiger charge is -2.10. The van der Waals surface area contributed by atoms with E-state index in [1.807, 2.05) is 13.8 Å². The molecule has 3 aromatic rings. The van der Waals surface area contributed by atoms with Crippen LogP contribution in [-0.4, -0.2) is 34.5 Å². The Bertz CT molecular complexity index is 1020. The monoisotopic (exact) mass is 408 g/mol. The number of carbonyl (C=O) groups is 1. The van der Waals surface area contributed by atoms with Gasteiger partial charge in [-0.1, -0.05) is 13.5 Å². The molecule has 1 aromatic heterocycles. The van der Waals surface area contributed by atoms with Gasteiger partial charge in [0.25, 0.3) is 0 Å². The van der Waals surface area contributed by atoms with E-state index in [0.717, 1.165) is 12.0 Å². The molecule has 156 valence electrons. The molecule has 0 unspecified atom stereocenters. The van der Waals surface area contributed by atoms with Crippen LogP contribution in [0.4, 0.5) is 0 Å². The van der Waals surface area contributed by atoms with Crippen LogP contribution < -0.4 is 9.47 Å². The van der Waals surface area contributed by atoms with Crippen LogP contribution in [0.5, 0.6) is 23.0 Å². The summed E-state index contributed by atoms with van der Waals surface area (Å²) in [6.07, 6.45) is 2.29. The van der Waals surface area contributed by atoms with Crippen molar-refractivity contribution in [3.05, 3.63) is 66.4 Å². The lowest BCUT2D eigenvalue weighted by atomic mass is 10.1. The van der Waals surface area contributed by atoms with Crippen LogP contribution in [0.25, 0.3) is 11.3 Å². The molecule has 2 N–H and O–H groups in total. The first kappa shape index (κ1) is 21.0. The molecule has 3 rings (SSSR count). The first-order valence-electron chi connectivity index (χ1n) is 9.57. The number of phenols is 1. The molecule has 0 radical (unpaired) electrons. The third-order valence-corrected chi connectivity index (χ3v) is 4.08. The molecule has 30 heavy (non-hydrogen) atoms. The van der Waals surface area contributed by atoms with E-state index in [1.165, 1.54) is 12.3 Å². The average molecular weight is 408 g/mol. The zero-order valence-corrected chi connectivity index (χ0v) is 17.0. The Morgan fingerprint density at radius 1 is 1.17 bits per heavy atom. The highest BCUT2D eigenvalue weighted by atomic mass is 16.5. The fourth-order valence-corrected chi connectivity index (χ4v) is 2.63. The van der Waals surface area contributed by atoms with Crippen molar-refractivity contribution < 1.29 is 24.1 Å². The van der Waals surface area contributed by atoms with Gasteiger partial charge in [0, 0.05) is 11.6 Å². The number of rotatable bonds is 9. The fourth-order valence-electron chi connectivity index (χ4n) is 2.63. The number of esters is 1. The number of H-pyrrole nitrogens is 1. The fraction of sp³-hybridized carbons (Fsp3) is 0.217. The third kappa shape index (κ3) is 5.20. The van der Waals surface area contributed by atoms with Crippen LogP contribution in [0.2, 0.25) is 0 Å². The molecule has 0 saturated heterocycles. The van der Waals surface area contributed by atoms with Crippen molar-refractivity contribution in [2.45, 2.75) is 20.3 Å². The second kappa shape index (κ2) is 9.65. The first-order chi connectivity index (χ1) is 14.5. The van der Waals surface area contributed by atoms with Gasteiger partial charge in [-0.3, -0.25) is 5.10 Å². The predicted octanol–water partition coefficient (Wildman–Crippen LogP) is 5.10. The summed E-state index contributed by atoms with van der Waals surface area (Å²) >= 11 is 0. The maximum absolute atomic E-state index is 11.9. The number of hydrogen-bond acceptors (Lipinski definition) is 6. The highest BCUT2D eigenvalue weighted by Crippen LogP contribution is 2.38. The van der Waals surface area contributed by atoms with Crippen molar-refractivity contribution in [1.82, 2.24) is 10.2 Å². The molecule has 7 nitrogen and oxygen atoms in total. The minimum Gasteiger partial charge on any atom is -0.507 e. The molecule has 0 saturated carbocycles. The molecule has 1 heterocycles. The number of aromatic nitrogens is 2. The average Bonchev–Trinajstić information content (AvgIpc) is 3.18. The SMILES string of the molecule is C=C(C)COc1ccc(-c2[nH]ncc2Oc2ccc(C(=O)OCCC)cc2)c(O)c1. The van der Waals surface area contributed by atoms with Crippen LogP contribution in [0.1, 0.15) is 30.6 Å². The Balaban J connectivity index is 1.74. The normalized spacial score (nSPS) is 10.5. The topological polar surface area (TPSA) is 93.7 Å². The Kier molecular flexibility index (Phi) is 6.75. The van der Waals surface area contributed by atoms with Gasteiger partial charge in [0.1, 0.15) is 29.5 Å². The summed E-state index contributed by atoms with van der Waals surface area (Å²) in [5.41, 5.74) is 2.37. The lowest BCUT2D eigenvalue weighted by molar-refractivity contribution is 0.0505. The van der Waals surface area contributed by atoms with Gasteiger partial charge in [-0.25, -0.2) is 4.79 Å². The minimum absolute atomic E-state index is 0.0253. The van der Waals surface area contributed by atoms with Crippen molar-refractivity contribution in [3.8, 4) is 34.3 Å². The Hall–Kier alpha value is -3.74. The molecule has 2 aromatic carbocycles. The van der Waals surface area contributed by atoms with E-state index in [9.17, 15) is 9.90 Å². The van der Waals surface area contributed by atoms with E-state index < -0.39 is 0 Å². The van der Waals surface area contributed by atoms with Crippen molar-refractivity contribution in [2.75, 3.05) is 13.2 Å². The van der Waals surface area contributed by atoms with Gasteiger partial charge in [0.15, 0.2) is 5.75 Å². The van der Waals surface area contributed by atoms with E-state index in [1.54, 1.807) is 36.4 Å². The predicted molar refractivity (Wildman–Crippen MR) is 113 cm³/mol. The summed E-state index contributed by atoms with van der Waals surface area (Å²) < 4.78 is 16.5. The van der Waals surface area contributed by atoms with Crippen LogP contribution in [0.15, 0.2) is 60.8 Å². The van der Waals surface area contributed by atoms with E-state index in [4.69, 9.17) is 14.2 Å². The van der Waals surface area contributed by atoms with Gasteiger partial charge in [-0.15, -0.1) is 0 Å². The smallest absolute Gasteiger partial charge is 0.338 e. The molecule has 0 bridgehead atoms. The molecule has 0 fully saturated rings. The molecule has 0 aliphatic rings. The standard InChI is InChI=1S/C23H24N2O5/c1-4-11-28-23(27)16-5-7-17(8-6-16)30-21-13-24-25-22(21)19-10-9-18(12-20(19)26)29-14-15(2)3/h5-10,12-13,26H,2,4,11,14H2,1,3H3,(H,24,25). The second-order valence-corrected chi connectivity index (χ2v) is 6.80. The molecule has 0 amide bonds. The van der Waals surface area contributed by atoms with Crippen molar-refractivity contribution in [1.29, 1.82) is 0 Å². The largest absolute Gasteiger partial charge is 0.507 e. The summed E-state index contributed by atoms with van der Waals surface area (Å²) in [5, 5.41) is 17.3. The zero-order chi connectivity index (χ0) is 21.5. The highest BCUT2D eigenvalue weighted by molar-refractivity contribution is 5.89. The van der Waals surface area contributed by atoms with Gasteiger partial charge in [-0.2, -0.15) is 5.10 Å². The minimum atomic E-state index is -0.369. The molecule has 0 spiro atoms. The van der Waals surface area contributed by atoms with Crippen molar-refractivity contribution in [2.24, 2.45) is 0 Å². The summed E-state index contributed by atoms with van der Waals surface area (Å²) in [4.78, 5) is 11.9. The summed E-state index contributed by atoms with van der Waals surface area (Å²) in [6.45, 7) is 8.35. The number of hydrogen-bond donors (Lipinski definition) is 2.